The minimum absolute atomic E-state index is 0.606. The van der Waals surface area contributed by atoms with Gasteiger partial charge in [0, 0.05) is 0 Å². The molecule has 1 aliphatic heterocycles. The standard InChI is InChI=1S/CBrIN4/c2-1(3)4-6-7-5-1. The molecule has 0 N–H and O–H groups in total. The fourth-order valence-corrected chi connectivity index (χ4v) is 0.502. The molecule has 1 aliphatic rings. The van der Waals surface area contributed by atoms with E-state index >= 15 is 0 Å². The van der Waals surface area contributed by atoms with Crippen LogP contribution < -0.4 is 0 Å². The Kier molecular flexibility index (Phi) is 1.37. The molecule has 0 spiro atoms. The maximum Gasteiger partial charge on any atom is 0.297 e. The topological polar surface area (TPSA) is 49.4 Å². The van der Waals surface area contributed by atoms with Crippen LogP contribution in [-0.4, -0.2) is 2.58 Å². The normalized spacial score (nSPS) is 23.7. The zero-order valence-corrected chi connectivity index (χ0v) is 6.79. The van der Waals surface area contributed by atoms with Crippen LogP contribution in [0.5, 0.6) is 0 Å². The fourth-order valence-electron chi connectivity index (χ4n) is 0.168. The van der Waals surface area contributed by atoms with Crippen molar-refractivity contribution in [2.45, 2.75) is 2.58 Å². The van der Waals surface area contributed by atoms with E-state index in [0.29, 0.717) is 0 Å². The van der Waals surface area contributed by atoms with Gasteiger partial charge in [0.2, 0.25) is 0 Å². The lowest BCUT2D eigenvalue weighted by Crippen LogP contribution is -1.94. The Balaban J connectivity index is 2.77. The van der Waals surface area contributed by atoms with Gasteiger partial charge in [-0.1, -0.05) is 0 Å². The van der Waals surface area contributed by atoms with E-state index in [4.69, 9.17) is 0 Å². The molecule has 0 aromatic carbocycles. The van der Waals surface area contributed by atoms with Crippen molar-refractivity contribution in [2.75, 3.05) is 0 Å². The lowest BCUT2D eigenvalue weighted by Gasteiger charge is -1.94. The summed E-state index contributed by atoms with van der Waals surface area (Å²) in [5.41, 5.74) is 0. The predicted octanol–water partition coefficient (Wildman–Crippen LogP) is 2.26. The van der Waals surface area contributed by atoms with E-state index in [1.165, 1.54) is 0 Å². The minimum Gasteiger partial charge on any atom is -0.112 e. The van der Waals surface area contributed by atoms with Gasteiger partial charge in [-0.2, -0.15) is 0 Å². The van der Waals surface area contributed by atoms with E-state index in [1.807, 2.05) is 22.6 Å². The Morgan fingerprint density at radius 1 is 1.29 bits per heavy atom. The SMILES string of the molecule is BrC1(I)N=NN=N1. The molecule has 0 aromatic heterocycles. The summed E-state index contributed by atoms with van der Waals surface area (Å²) >= 11 is 5.07. The third-order valence-corrected chi connectivity index (χ3v) is 1.12. The van der Waals surface area contributed by atoms with Crippen molar-refractivity contribution in [1.82, 2.24) is 0 Å². The number of hydrogen-bond acceptors (Lipinski definition) is 4. The molecule has 6 heteroatoms. The third-order valence-electron chi connectivity index (χ3n) is 0.370. The van der Waals surface area contributed by atoms with Gasteiger partial charge in [-0.05, 0) is 49.0 Å². The van der Waals surface area contributed by atoms with Crippen LogP contribution in [0.2, 0.25) is 0 Å². The molecule has 4 nitrogen and oxygen atoms in total. The highest BCUT2D eigenvalue weighted by Crippen LogP contribution is 2.33. The highest BCUT2D eigenvalue weighted by atomic mass is 127. The third kappa shape index (κ3) is 1.41. The fraction of sp³-hybridized carbons (Fsp3) is 1.00. The lowest BCUT2D eigenvalue weighted by molar-refractivity contribution is 0.956. The summed E-state index contributed by atoms with van der Waals surface area (Å²) in [6, 6.07) is 0. The van der Waals surface area contributed by atoms with Gasteiger partial charge in [0.25, 0.3) is 2.58 Å². The summed E-state index contributed by atoms with van der Waals surface area (Å²) < 4.78 is -0.606. The lowest BCUT2D eigenvalue weighted by atomic mass is 11.2. The van der Waals surface area contributed by atoms with E-state index in [9.17, 15) is 0 Å². The highest BCUT2D eigenvalue weighted by Gasteiger charge is 2.23. The Morgan fingerprint density at radius 3 is 1.86 bits per heavy atom. The van der Waals surface area contributed by atoms with Gasteiger partial charge in [0.1, 0.15) is 0 Å². The first-order chi connectivity index (χ1) is 3.21. The molecule has 1 rings (SSSR count). The van der Waals surface area contributed by atoms with Gasteiger partial charge < -0.3 is 0 Å². The van der Waals surface area contributed by atoms with Crippen molar-refractivity contribution in [2.24, 2.45) is 20.7 Å². The second-order valence-electron chi connectivity index (χ2n) is 0.888. The maximum absolute atomic E-state index is 3.56. The Morgan fingerprint density at radius 2 is 1.71 bits per heavy atom. The molecule has 0 fully saturated rings. The maximum atomic E-state index is 3.56. The summed E-state index contributed by atoms with van der Waals surface area (Å²) in [4.78, 5) is 0. The summed E-state index contributed by atoms with van der Waals surface area (Å²) in [7, 11) is 0. The van der Waals surface area contributed by atoms with Crippen LogP contribution in [-0.2, 0) is 0 Å². The van der Waals surface area contributed by atoms with Gasteiger partial charge in [-0.15, -0.1) is 10.2 Å². The van der Waals surface area contributed by atoms with Crippen molar-refractivity contribution in [3.63, 3.8) is 0 Å². The number of alkyl halides is 2. The van der Waals surface area contributed by atoms with Crippen molar-refractivity contribution < 1.29 is 0 Å². The quantitative estimate of drug-likeness (QED) is 0.370. The molecular weight excluding hydrogens is 275 g/mol. The number of rotatable bonds is 0. The molecular formula is CBrIN4. The summed E-state index contributed by atoms with van der Waals surface area (Å²) in [5, 5.41) is 13.7. The van der Waals surface area contributed by atoms with Gasteiger partial charge >= 0.3 is 0 Å². The van der Waals surface area contributed by atoms with E-state index < -0.39 is 2.58 Å². The van der Waals surface area contributed by atoms with Gasteiger partial charge in [0.15, 0.2) is 0 Å². The van der Waals surface area contributed by atoms with E-state index in [-0.39, 0.29) is 0 Å². The van der Waals surface area contributed by atoms with Crippen LogP contribution in [0.3, 0.4) is 0 Å². The largest absolute Gasteiger partial charge is 0.297 e. The molecule has 0 unspecified atom stereocenters. The molecule has 0 bridgehead atoms. The molecule has 0 atom stereocenters. The second kappa shape index (κ2) is 1.73. The van der Waals surface area contributed by atoms with Gasteiger partial charge in [-0.25, -0.2) is 0 Å². The predicted molar refractivity (Wildman–Crippen MR) is 35.4 cm³/mol. The smallest absolute Gasteiger partial charge is 0.112 e. The van der Waals surface area contributed by atoms with E-state index in [2.05, 4.69) is 36.6 Å². The van der Waals surface area contributed by atoms with Crippen LogP contribution >= 0.6 is 38.5 Å². The van der Waals surface area contributed by atoms with Crippen LogP contribution in [0.4, 0.5) is 0 Å². The van der Waals surface area contributed by atoms with Crippen LogP contribution in [0.25, 0.3) is 0 Å². The highest BCUT2D eigenvalue weighted by molar-refractivity contribution is 14.1. The number of halogens is 2. The van der Waals surface area contributed by atoms with Crippen molar-refractivity contribution in [1.29, 1.82) is 0 Å². The van der Waals surface area contributed by atoms with Gasteiger partial charge in [0.05, 0.1) is 0 Å². The summed E-state index contributed by atoms with van der Waals surface area (Å²) in [6.07, 6.45) is 0. The molecule has 1 heterocycles. The zero-order valence-electron chi connectivity index (χ0n) is 3.04. The number of hydrogen-bond donors (Lipinski definition) is 0. The second-order valence-corrected chi connectivity index (χ2v) is 4.98. The minimum atomic E-state index is -0.606. The van der Waals surface area contributed by atoms with Crippen LogP contribution in [0.1, 0.15) is 0 Å². The molecule has 38 valence electrons. The Hall–Kier alpha value is 0.410. The summed E-state index contributed by atoms with van der Waals surface area (Å²) in [5.74, 6) is 0. The monoisotopic (exact) mass is 274 g/mol. The Labute approximate surface area is 61.7 Å². The molecule has 0 aliphatic carbocycles. The van der Waals surface area contributed by atoms with E-state index in [0.717, 1.165) is 0 Å². The first-order valence-corrected chi connectivity index (χ1v) is 3.30. The number of nitrogens with zero attached hydrogens (tertiary/aromatic N) is 4. The zero-order chi connectivity index (χ0) is 5.33. The van der Waals surface area contributed by atoms with Crippen LogP contribution in [0, 0.1) is 0 Å². The first-order valence-electron chi connectivity index (χ1n) is 1.43. The molecule has 0 saturated carbocycles. The average Bonchev–Trinajstić information content (AvgIpc) is 1.84. The van der Waals surface area contributed by atoms with Crippen molar-refractivity contribution >= 4 is 38.5 Å². The molecule has 0 radical (unpaired) electrons. The van der Waals surface area contributed by atoms with Crippen molar-refractivity contribution in [3.05, 3.63) is 0 Å². The van der Waals surface area contributed by atoms with E-state index in [1.54, 1.807) is 0 Å². The summed E-state index contributed by atoms with van der Waals surface area (Å²) in [6.45, 7) is 0. The average molecular weight is 275 g/mol. The molecule has 0 amide bonds. The van der Waals surface area contributed by atoms with Gasteiger partial charge in [-0.3, -0.25) is 0 Å². The van der Waals surface area contributed by atoms with Crippen molar-refractivity contribution in [3.8, 4) is 0 Å². The molecule has 7 heavy (non-hydrogen) atoms. The molecule has 0 aromatic rings. The first kappa shape index (κ1) is 5.54. The molecule has 0 saturated heterocycles. The Bertz CT molecular complexity index is 114. The van der Waals surface area contributed by atoms with Crippen LogP contribution in [0.15, 0.2) is 20.7 Å².